The van der Waals surface area contributed by atoms with Gasteiger partial charge in [-0.1, -0.05) is 0 Å². The maximum absolute atomic E-state index is 12.5. The van der Waals surface area contributed by atoms with Crippen molar-refractivity contribution < 1.29 is 13.2 Å². The zero-order valence-corrected chi connectivity index (χ0v) is 14.2. The highest BCUT2D eigenvalue weighted by Gasteiger charge is 2.65. The third kappa shape index (κ3) is 2.09. The molecule has 4 fully saturated rings. The van der Waals surface area contributed by atoms with Crippen LogP contribution in [0.4, 0.5) is 4.79 Å². The van der Waals surface area contributed by atoms with Gasteiger partial charge in [0.25, 0.3) is 0 Å². The molecule has 0 spiro atoms. The van der Waals surface area contributed by atoms with Crippen LogP contribution < -0.4 is 5.32 Å². The number of nitrogens with zero attached hydrogens (tertiary/aromatic N) is 1. The molecule has 1 saturated heterocycles. The molecule has 124 valence electrons. The average Bonchev–Trinajstić information content (AvgIpc) is 2.86. The number of hydrogen-bond donors (Lipinski definition) is 1. The average molecular weight is 326 g/mol. The minimum atomic E-state index is -3.12. The Kier molecular flexibility index (Phi) is 3.10. The van der Waals surface area contributed by atoms with Gasteiger partial charge in [-0.3, -0.25) is 0 Å². The van der Waals surface area contributed by atoms with Gasteiger partial charge in [0.15, 0.2) is 9.84 Å². The fraction of sp³-hybridized carbons (Fsp3) is 0.938. The first-order chi connectivity index (χ1) is 10.3. The molecule has 1 N–H and O–H groups in total. The van der Waals surface area contributed by atoms with Crippen molar-refractivity contribution in [3.05, 3.63) is 0 Å². The van der Waals surface area contributed by atoms with Gasteiger partial charge in [0.05, 0.1) is 10.5 Å². The van der Waals surface area contributed by atoms with Crippen molar-refractivity contribution in [2.24, 2.45) is 23.7 Å². The first-order valence-electron chi connectivity index (χ1n) is 8.58. The van der Waals surface area contributed by atoms with Crippen molar-refractivity contribution in [1.29, 1.82) is 0 Å². The number of amides is 2. The number of carbonyl (C=O) groups is 1. The minimum absolute atomic E-state index is 0.0494. The first kappa shape index (κ1) is 14.8. The molecule has 0 aromatic heterocycles. The summed E-state index contributed by atoms with van der Waals surface area (Å²) in [5.74, 6) is 3.19. The van der Waals surface area contributed by atoms with Gasteiger partial charge in [0, 0.05) is 19.1 Å². The molecule has 2 amide bonds. The summed E-state index contributed by atoms with van der Waals surface area (Å²) in [5, 5.41) is 3.20. The Hall–Kier alpha value is -0.780. The van der Waals surface area contributed by atoms with Crippen LogP contribution in [0.3, 0.4) is 0 Å². The molecule has 6 heteroatoms. The Morgan fingerprint density at radius 3 is 2.41 bits per heavy atom. The van der Waals surface area contributed by atoms with Crippen LogP contribution in [-0.2, 0) is 9.84 Å². The highest BCUT2D eigenvalue weighted by molar-refractivity contribution is 7.92. The zero-order chi connectivity index (χ0) is 15.7. The van der Waals surface area contributed by atoms with Crippen LogP contribution in [0.15, 0.2) is 0 Å². The highest BCUT2D eigenvalue weighted by Crippen LogP contribution is 2.65. The molecule has 5 nitrogen and oxygen atoms in total. The monoisotopic (exact) mass is 326 g/mol. The van der Waals surface area contributed by atoms with Crippen LogP contribution in [0.2, 0.25) is 0 Å². The number of hydrogen-bond acceptors (Lipinski definition) is 3. The van der Waals surface area contributed by atoms with Crippen LogP contribution in [-0.4, -0.2) is 49.0 Å². The molecule has 3 saturated carbocycles. The highest BCUT2D eigenvalue weighted by atomic mass is 32.2. The van der Waals surface area contributed by atoms with E-state index in [0.717, 1.165) is 23.7 Å². The van der Waals surface area contributed by atoms with Gasteiger partial charge < -0.3 is 10.2 Å². The van der Waals surface area contributed by atoms with Gasteiger partial charge in [0.2, 0.25) is 0 Å². The quantitative estimate of drug-likeness (QED) is 0.796. The van der Waals surface area contributed by atoms with E-state index in [1.807, 2.05) is 0 Å². The van der Waals surface area contributed by atoms with Crippen LogP contribution in [0.25, 0.3) is 0 Å². The van der Waals surface area contributed by atoms with E-state index in [2.05, 4.69) is 5.32 Å². The summed E-state index contributed by atoms with van der Waals surface area (Å²) >= 11 is 0. The van der Waals surface area contributed by atoms with Crippen LogP contribution in [0.1, 0.15) is 39.5 Å². The smallest absolute Gasteiger partial charge is 0.317 e. The lowest BCUT2D eigenvalue weighted by Crippen LogP contribution is -2.43. The second-order valence-electron chi connectivity index (χ2n) is 8.28. The van der Waals surface area contributed by atoms with E-state index >= 15 is 0 Å². The van der Waals surface area contributed by atoms with E-state index in [-0.39, 0.29) is 11.8 Å². The van der Waals surface area contributed by atoms with Crippen molar-refractivity contribution in [1.82, 2.24) is 10.2 Å². The van der Waals surface area contributed by atoms with E-state index in [9.17, 15) is 13.2 Å². The number of fused-ring (bicyclic) bond motifs is 5. The third-order valence-electron chi connectivity index (χ3n) is 6.77. The SMILES string of the molecule is CC1(C)CCN(C(=O)NC2[C@H]3[C@H]4CC[C@@H](C4)[C@H]23)CCS1(=O)=O. The minimum Gasteiger partial charge on any atom is -0.335 e. The van der Waals surface area contributed by atoms with Gasteiger partial charge in [0.1, 0.15) is 0 Å². The second-order valence-corrected chi connectivity index (χ2v) is 11.0. The van der Waals surface area contributed by atoms with Crippen molar-refractivity contribution in [3.8, 4) is 0 Å². The fourth-order valence-corrected chi connectivity index (χ4v) is 6.55. The molecule has 4 aliphatic rings. The van der Waals surface area contributed by atoms with Crippen LogP contribution in [0, 0.1) is 23.7 Å². The number of carbonyl (C=O) groups excluding carboxylic acids is 1. The summed E-state index contributed by atoms with van der Waals surface area (Å²) in [7, 11) is -3.12. The molecule has 0 aromatic carbocycles. The number of urea groups is 1. The lowest BCUT2D eigenvalue weighted by atomic mass is 10.0. The van der Waals surface area contributed by atoms with E-state index in [4.69, 9.17) is 0 Å². The zero-order valence-electron chi connectivity index (χ0n) is 13.4. The van der Waals surface area contributed by atoms with E-state index in [1.54, 1.807) is 18.7 Å². The van der Waals surface area contributed by atoms with Crippen molar-refractivity contribution in [2.45, 2.75) is 50.3 Å². The summed E-state index contributed by atoms with van der Waals surface area (Å²) in [6.07, 6.45) is 4.58. The third-order valence-corrected chi connectivity index (χ3v) is 9.38. The molecule has 3 aliphatic carbocycles. The van der Waals surface area contributed by atoms with Crippen molar-refractivity contribution in [3.63, 3.8) is 0 Å². The van der Waals surface area contributed by atoms with Crippen LogP contribution >= 0.6 is 0 Å². The van der Waals surface area contributed by atoms with Gasteiger partial charge >= 0.3 is 6.03 Å². The summed E-state index contributed by atoms with van der Waals surface area (Å²) in [6.45, 7) is 4.40. The Morgan fingerprint density at radius 1 is 1.14 bits per heavy atom. The molecule has 4 atom stereocenters. The first-order valence-corrected chi connectivity index (χ1v) is 10.2. The molecular formula is C16H26N2O3S. The predicted molar refractivity (Wildman–Crippen MR) is 84.2 cm³/mol. The van der Waals surface area contributed by atoms with Gasteiger partial charge in [-0.2, -0.15) is 0 Å². The molecule has 0 radical (unpaired) electrons. The summed E-state index contributed by atoms with van der Waals surface area (Å²) < 4.78 is 23.7. The summed E-state index contributed by atoms with van der Waals surface area (Å²) in [6, 6.07) is 0.318. The number of nitrogens with one attached hydrogen (secondary N) is 1. The normalized spacial score (nSPS) is 44.3. The molecule has 1 heterocycles. The van der Waals surface area contributed by atoms with Crippen molar-refractivity contribution in [2.75, 3.05) is 18.8 Å². The molecule has 0 aromatic rings. The molecule has 22 heavy (non-hydrogen) atoms. The molecular weight excluding hydrogens is 300 g/mol. The maximum Gasteiger partial charge on any atom is 0.317 e. The second kappa shape index (κ2) is 4.62. The number of rotatable bonds is 1. The predicted octanol–water partition coefficient (Wildman–Crippen LogP) is 1.64. The molecule has 2 bridgehead atoms. The molecule has 0 unspecified atom stereocenters. The molecule has 4 rings (SSSR count). The Balaban J connectivity index is 1.38. The largest absolute Gasteiger partial charge is 0.335 e. The summed E-state index contributed by atoms with van der Waals surface area (Å²) in [4.78, 5) is 14.2. The Labute approximate surface area is 132 Å². The Morgan fingerprint density at radius 2 is 1.77 bits per heavy atom. The van der Waals surface area contributed by atoms with Gasteiger partial charge in [-0.15, -0.1) is 0 Å². The Bertz CT molecular complexity index is 585. The molecule has 1 aliphatic heterocycles. The lowest BCUT2D eigenvalue weighted by molar-refractivity contribution is 0.197. The van der Waals surface area contributed by atoms with Gasteiger partial charge in [-0.25, -0.2) is 13.2 Å². The van der Waals surface area contributed by atoms with E-state index in [1.165, 1.54) is 19.3 Å². The fourth-order valence-electron chi connectivity index (χ4n) is 5.13. The van der Waals surface area contributed by atoms with E-state index in [0.29, 0.717) is 25.6 Å². The van der Waals surface area contributed by atoms with E-state index < -0.39 is 14.6 Å². The topological polar surface area (TPSA) is 66.5 Å². The summed E-state index contributed by atoms with van der Waals surface area (Å²) in [5.41, 5.74) is 0. The van der Waals surface area contributed by atoms with Crippen LogP contribution in [0.5, 0.6) is 0 Å². The lowest BCUT2D eigenvalue weighted by Gasteiger charge is -2.23. The maximum atomic E-state index is 12.5. The number of sulfone groups is 1. The van der Waals surface area contributed by atoms with Gasteiger partial charge in [-0.05, 0) is 63.2 Å². The standard InChI is InChI=1S/C16H26N2O3S/c1-16(2)5-6-18(7-8-22(16,20)21)15(19)17-14-12-10-3-4-11(9-10)13(12)14/h10-14H,3-9H2,1-2H3,(H,17,19)/t10-,11-,12-,13-/m0/s1. The van der Waals surface area contributed by atoms with Crippen molar-refractivity contribution >= 4 is 15.9 Å².